The second kappa shape index (κ2) is 7.91. The van der Waals surface area contributed by atoms with Crippen LogP contribution in [0.25, 0.3) is 0 Å². The van der Waals surface area contributed by atoms with Crippen molar-refractivity contribution in [1.82, 2.24) is 9.69 Å². The van der Waals surface area contributed by atoms with Crippen LogP contribution in [0.15, 0.2) is 18.2 Å². The second-order valence-corrected chi connectivity index (χ2v) is 5.54. The molecular weight excluding hydrogens is 340 g/mol. The normalized spacial score (nSPS) is 10.6. The molecule has 0 fully saturated rings. The maximum absolute atomic E-state index is 12.4. The lowest BCUT2D eigenvalue weighted by molar-refractivity contribution is -0.0512. The molecule has 0 atom stereocenters. The van der Waals surface area contributed by atoms with E-state index in [2.05, 4.69) is 19.7 Å². The third-order valence-electron chi connectivity index (χ3n) is 3.21. The number of ether oxygens (including phenoxy) is 2. The fraction of sp³-hybridized carbons (Fsp3) is 0.333. The molecule has 0 spiro atoms. The number of carbonyl (C=O) groups is 1. The Kier molecular flexibility index (Phi) is 5.91. The number of carbonyl (C=O) groups excluding carboxylic acids is 1. The molecule has 2 N–H and O–H groups in total. The predicted octanol–water partition coefficient (Wildman–Crippen LogP) is 3.03. The Bertz CT molecular complexity index is 722. The first kappa shape index (κ1) is 17.9. The highest BCUT2D eigenvalue weighted by Crippen LogP contribution is 2.29. The van der Waals surface area contributed by atoms with Crippen molar-refractivity contribution >= 4 is 22.4 Å². The molecule has 9 heteroatoms. The number of anilines is 1. The van der Waals surface area contributed by atoms with Crippen LogP contribution < -0.4 is 20.1 Å². The van der Waals surface area contributed by atoms with E-state index >= 15 is 0 Å². The van der Waals surface area contributed by atoms with Crippen molar-refractivity contribution in [2.24, 2.45) is 0 Å². The molecule has 1 aromatic heterocycles. The number of amides is 1. The number of nitrogens with one attached hydrogen (secondary N) is 2. The fourth-order valence-electron chi connectivity index (χ4n) is 2.10. The van der Waals surface area contributed by atoms with Gasteiger partial charge in [-0.25, -0.2) is 0 Å². The van der Waals surface area contributed by atoms with Gasteiger partial charge in [0.15, 0.2) is 11.5 Å². The first-order chi connectivity index (χ1) is 11.5. The van der Waals surface area contributed by atoms with Gasteiger partial charge in [0.25, 0.3) is 5.91 Å². The highest BCUT2D eigenvalue weighted by atomic mass is 32.1. The van der Waals surface area contributed by atoms with E-state index in [-0.39, 0.29) is 24.0 Å². The van der Waals surface area contributed by atoms with Gasteiger partial charge < -0.3 is 20.1 Å². The number of aromatic nitrogens is 1. The number of benzene rings is 1. The van der Waals surface area contributed by atoms with Crippen molar-refractivity contribution in [3.8, 4) is 11.5 Å². The number of rotatable bonds is 7. The monoisotopic (exact) mass is 357 g/mol. The van der Waals surface area contributed by atoms with E-state index in [0.29, 0.717) is 21.8 Å². The fourth-order valence-corrected chi connectivity index (χ4v) is 2.84. The molecule has 2 aromatic rings. The Morgan fingerprint density at radius 1 is 1.38 bits per heavy atom. The minimum atomic E-state index is -2.96. The van der Waals surface area contributed by atoms with Crippen LogP contribution in [0, 0.1) is 6.92 Å². The van der Waals surface area contributed by atoms with Gasteiger partial charge in [0.05, 0.1) is 18.4 Å². The van der Waals surface area contributed by atoms with E-state index in [0.717, 1.165) is 0 Å². The quantitative estimate of drug-likeness (QED) is 0.797. The number of aryl methyl sites for hydroxylation is 1. The van der Waals surface area contributed by atoms with Gasteiger partial charge in [0.1, 0.15) is 5.00 Å². The van der Waals surface area contributed by atoms with E-state index in [9.17, 15) is 13.6 Å². The van der Waals surface area contributed by atoms with Gasteiger partial charge in [0.2, 0.25) is 0 Å². The topological polar surface area (TPSA) is 72.5 Å². The average molecular weight is 357 g/mol. The average Bonchev–Trinajstić information content (AvgIpc) is 2.93. The Morgan fingerprint density at radius 2 is 2.12 bits per heavy atom. The molecule has 0 radical (unpaired) electrons. The highest BCUT2D eigenvalue weighted by Gasteiger charge is 2.18. The number of halogens is 2. The zero-order valence-electron chi connectivity index (χ0n) is 13.4. The molecule has 130 valence electrons. The predicted molar refractivity (Wildman–Crippen MR) is 87.2 cm³/mol. The summed E-state index contributed by atoms with van der Waals surface area (Å²) in [4.78, 5) is 12.3. The Labute approximate surface area is 141 Å². The van der Waals surface area contributed by atoms with Crippen molar-refractivity contribution in [3.63, 3.8) is 0 Å². The minimum absolute atomic E-state index is 0.0801. The molecule has 0 aliphatic heterocycles. The third kappa shape index (κ3) is 4.10. The molecule has 6 nitrogen and oxygen atoms in total. The van der Waals surface area contributed by atoms with E-state index in [4.69, 9.17) is 4.74 Å². The molecule has 1 heterocycles. The molecule has 0 aliphatic carbocycles. The summed E-state index contributed by atoms with van der Waals surface area (Å²) >= 11 is 1.20. The number of alkyl halides is 2. The summed E-state index contributed by atoms with van der Waals surface area (Å²) in [5, 5.41) is 6.32. The van der Waals surface area contributed by atoms with Gasteiger partial charge in [-0.2, -0.15) is 13.2 Å². The van der Waals surface area contributed by atoms with Crippen LogP contribution in [-0.2, 0) is 6.54 Å². The molecule has 24 heavy (non-hydrogen) atoms. The maximum Gasteiger partial charge on any atom is 0.387 e. The Hall–Kier alpha value is -2.42. The second-order valence-electron chi connectivity index (χ2n) is 4.77. The van der Waals surface area contributed by atoms with Crippen molar-refractivity contribution in [2.45, 2.75) is 20.1 Å². The summed E-state index contributed by atoms with van der Waals surface area (Å²) in [6.45, 7) is -1.06. The van der Waals surface area contributed by atoms with Crippen LogP contribution in [0.5, 0.6) is 11.5 Å². The zero-order chi connectivity index (χ0) is 17.7. The summed E-state index contributed by atoms with van der Waals surface area (Å²) in [5.41, 5.74) is 1.70. The van der Waals surface area contributed by atoms with E-state index in [1.165, 1.54) is 30.8 Å². The molecule has 2 rings (SSSR count). The molecule has 0 saturated heterocycles. The van der Waals surface area contributed by atoms with Crippen molar-refractivity contribution in [2.75, 3.05) is 19.5 Å². The highest BCUT2D eigenvalue weighted by molar-refractivity contribution is 7.10. The number of hydrogen-bond acceptors (Lipinski definition) is 6. The van der Waals surface area contributed by atoms with Gasteiger partial charge in [-0.05, 0) is 36.2 Å². The maximum atomic E-state index is 12.4. The third-order valence-corrected chi connectivity index (χ3v) is 4.17. The summed E-state index contributed by atoms with van der Waals surface area (Å²) in [6, 6.07) is 4.58. The van der Waals surface area contributed by atoms with Crippen LogP contribution in [0.4, 0.5) is 13.8 Å². The van der Waals surface area contributed by atoms with E-state index in [1.54, 1.807) is 20.0 Å². The lowest BCUT2D eigenvalue weighted by Crippen LogP contribution is -2.24. The van der Waals surface area contributed by atoms with Gasteiger partial charge >= 0.3 is 6.61 Å². The lowest BCUT2D eigenvalue weighted by atomic mass is 10.2. The molecule has 1 aromatic carbocycles. The van der Waals surface area contributed by atoms with E-state index < -0.39 is 6.61 Å². The summed E-state index contributed by atoms with van der Waals surface area (Å²) < 4.78 is 38.4. The van der Waals surface area contributed by atoms with Crippen LogP contribution in [0.1, 0.15) is 21.6 Å². The molecule has 0 saturated carbocycles. The molecule has 0 bridgehead atoms. The van der Waals surface area contributed by atoms with E-state index in [1.807, 2.05) is 0 Å². The van der Waals surface area contributed by atoms with Crippen LogP contribution in [0.2, 0.25) is 0 Å². The van der Waals surface area contributed by atoms with Gasteiger partial charge in [-0.1, -0.05) is 6.07 Å². The summed E-state index contributed by atoms with van der Waals surface area (Å²) in [7, 11) is 3.07. The molecule has 1 amide bonds. The van der Waals surface area contributed by atoms with Gasteiger partial charge in [-0.3, -0.25) is 4.79 Å². The first-order valence-electron chi connectivity index (χ1n) is 7.00. The molecule has 0 unspecified atom stereocenters. The largest absolute Gasteiger partial charge is 0.493 e. The van der Waals surface area contributed by atoms with Crippen molar-refractivity contribution in [1.29, 1.82) is 0 Å². The SMILES string of the molecule is CNc1snc(C)c1C(=O)NCc1ccc(OC)c(OC(F)F)c1. The number of nitrogens with zero attached hydrogens (tertiary/aromatic N) is 1. The Morgan fingerprint density at radius 3 is 2.75 bits per heavy atom. The molecule has 0 aliphatic rings. The first-order valence-corrected chi connectivity index (χ1v) is 7.77. The van der Waals surface area contributed by atoms with Gasteiger partial charge in [0, 0.05) is 13.6 Å². The zero-order valence-corrected chi connectivity index (χ0v) is 14.2. The smallest absolute Gasteiger partial charge is 0.387 e. The number of hydrogen-bond donors (Lipinski definition) is 2. The summed E-state index contributed by atoms with van der Waals surface area (Å²) in [6.07, 6.45) is 0. The Balaban J connectivity index is 2.11. The molecular formula is C15H17F2N3O3S. The van der Waals surface area contributed by atoms with Crippen LogP contribution in [0.3, 0.4) is 0 Å². The number of methoxy groups -OCH3 is 1. The van der Waals surface area contributed by atoms with Crippen molar-refractivity contribution < 1.29 is 23.0 Å². The minimum Gasteiger partial charge on any atom is -0.493 e. The lowest BCUT2D eigenvalue weighted by Gasteiger charge is -2.12. The van der Waals surface area contributed by atoms with Crippen LogP contribution in [-0.4, -0.2) is 31.0 Å². The van der Waals surface area contributed by atoms with Crippen LogP contribution >= 0.6 is 11.5 Å². The van der Waals surface area contributed by atoms with Gasteiger partial charge in [-0.15, -0.1) is 0 Å². The summed E-state index contributed by atoms with van der Waals surface area (Å²) in [5.74, 6) is -0.179. The standard InChI is InChI=1S/C15H17F2N3O3S/c1-8-12(14(18-2)24-20-8)13(21)19-7-9-4-5-10(22-3)11(6-9)23-15(16)17/h4-6,15,18H,7H2,1-3H3,(H,19,21). The van der Waals surface area contributed by atoms with Crippen molar-refractivity contribution in [3.05, 3.63) is 35.0 Å².